The van der Waals surface area contributed by atoms with Crippen LogP contribution in [0.3, 0.4) is 0 Å². The molecule has 0 unspecified atom stereocenters. The van der Waals surface area contributed by atoms with E-state index in [1.54, 1.807) is 7.11 Å². The average molecular weight is 493 g/mol. The first kappa shape index (κ1) is 24.4. The molecule has 1 heterocycles. The van der Waals surface area contributed by atoms with E-state index in [0.717, 1.165) is 60.2 Å². The van der Waals surface area contributed by atoms with E-state index in [1.807, 2.05) is 30.3 Å². The molecule has 0 spiro atoms. The van der Waals surface area contributed by atoms with Gasteiger partial charge in [-0.1, -0.05) is 18.2 Å². The van der Waals surface area contributed by atoms with Crippen LogP contribution in [0.5, 0.6) is 5.75 Å². The van der Waals surface area contributed by atoms with Gasteiger partial charge in [-0.25, -0.2) is 13.2 Å². The van der Waals surface area contributed by atoms with Crippen LogP contribution in [0, 0.1) is 17.5 Å². The predicted molar refractivity (Wildman–Crippen MR) is 139 cm³/mol. The highest BCUT2D eigenvalue weighted by Gasteiger charge is 2.26. The minimum Gasteiger partial charge on any atom is -0.497 e. The van der Waals surface area contributed by atoms with Crippen LogP contribution < -0.4 is 9.64 Å². The molecule has 0 bridgehead atoms. The summed E-state index contributed by atoms with van der Waals surface area (Å²) in [6, 6.07) is 17.1. The summed E-state index contributed by atoms with van der Waals surface area (Å²) in [6.45, 7) is 8.43. The van der Waals surface area contributed by atoms with Gasteiger partial charge >= 0.3 is 0 Å². The summed E-state index contributed by atoms with van der Waals surface area (Å²) in [5.74, 6) is -3.07. The van der Waals surface area contributed by atoms with Crippen molar-refractivity contribution in [3.63, 3.8) is 0 Å². The number of methoxy groups -OCH3 is 1. The summed E-state index contributed by atoms with van der Waals surface area (Å²) in [4.78, 5) is 4.86. The van der Waals surface area contributed by atoms with Gasteiger partial charge in [-0.05, 0) is 90.9 Å². The Morgan fingerprint density at radius 2 is 1.50 bits per heavy atom. The minimum atomic E-state index is -1.44. The summed E-state index contributed by atoms with van der Waals surface area (Å²) in [5.41, 5.74) is 5.70. The fraction of sp³-hybridized carbons (Fsp3) is 0.333. The lowest BCUT2D eigenvalue weighted by atomic mass is 9.79. The second-order valence-corrected chi connectivity index (χ2v) is 9.76. The zero-order valence-electron chi connectivity index (χ0n) is 21.0. The first-order chi connectivity index (χ1) is 17.4. The van der Waals surface area contributed by atoms with Crippen LogP contribution in [0.15, 0.2) is 54.6 Å². The van der Waals surface area contributed by atoms with E-state index >= 15 is 0 Å². The summed E-state index contributed by atoms with van der Waals surface area (Å²) in [6.07, 6.45) is 1.20. The van der Waals surface area contributed by atoms with Gasteiger partial charge in [-0.3, -0.25) is 4.90 Å². The van der Waals surface area contributed by atoms with Crippen LogP contribution in [0.25, 0.3) is 11.1 Å². The molecule has 0 amide bonds. The van der Waals surface area contributed by atoms with Gasteiger partial charge in [-0.15, -0.1) is 0 Å². The van der Waals surface area contributed by atoms with Crippen LogP contribution >= 0.6 is 0 Å². The first-order valence-electron chi connectivity index (χ1n) is 12.5. The number of benzene rings is 3. The molecule has 0 atom stereocenters. The molecule has 0 N–H and O–H groups in total. The van der Waals surface area contributed by atoms with Crippen molar-refractivity contribution in [1.82, 2.24) is 4.90 Å². The van der Waals surface area contributed by atoms with Crippen molar-refractivity contribution in [2.24, 2.45) is 0 Å². The number of allylic oxidation sites excluding steroid dienone is 1. The quantitative estimate of drug-likeness (QED) is 0.376. The number of anilines is 1. The molecule has 0 aromatic heterocycles. The van der Waals surface area contributed by atoms with E-state index in [9.17, 15) is 13.2 Å². The average Bonchev–Trinajstić information content (AvgIpc) is 2.91. The third-order valence-corrected chi connectivity index (χ3v) is 7.46. The Morgan fingerprint density at radius 1 is 0.778 bits per heavy atom. The van der Waals surface area contributed by atoms with Gasteiger partial charge in [0.05, 0.1) is 7.11 Å². The molecule has 1 aliphatic heterocycles. The third kappa shape index (κ3) is 4.50. The van der Waals surface area contributed by atoms with Gasteiger partial charge in [0.25, 0.3) is 0 Å². The normalized spacial score (nSPS) is 16.5. The highest BCUT2D eigenvalue weighted by atomic mass is 19.2. The molecule has 1 aliphatic carbocycles. The lowest BCUT2D eigenvalue weighted by Gasteiger charge is -2.38. The summed E-state index contributed by atoms with van der Waals surface area (Å²) < 4.78 is 48.4. The van der Waals surface area contributed by atoms with E-state index in [2.05, 4.69) is 35.8 Å². The van der Waals surface area contributed by atoms with Crippen molar-refractivity contribution < 1.29 is 17.9 Å². The predicted octanol–water partition coefficient (Wildman–Crippen LogP) is 6.55. The number of nitrogens with zero attached hydrogens (tertiary/aromatic N) is 2. The van der Waals surface area contributed by atoms with Crippen LogP contribution in [0.2, 0.25) is 0 Å². The Hall–Kier alpha value is -3.25. The smallest absolute Gasteiger partial charge is 0.195 e. The summed E-state index contributed by atoms with van der Waals surface area (Å²) in [5, 5.41) is 0. The van der Waals surface area contributed by atoms with Crippen molar-refractivity contribution in [3.8, 4) is 5.75 Å². The van der Waals surface area contributed by atoms with Crippen LogP contribution in [0.1, 0.15) is 42.5 Å². The molecule has 36 heavy (non-hydrogen) atoms. The number of halogens is 3. The van der Waals surface area contributed by atoms with Crippen LogP contribution in [-0.2, 0) is 6.42 Å². The molecule has 3 aromatic rings. The lowest BCUT2D eigenvalue weighted by Crippen LogP contribution is -2.48. The van der Waals surface area contributed by atoms with E-state index in [-0.39, 0.29) is 5.56 Å². The number of rotatable bonds is 5. The molecule has 0 radical (unpaired) electrons. The number of aryl methyl sites for hydroxylation is 1. The number of piperazine rings is 1. The lowest BCUT2D eigenvalue weighted by molar-refractivity contribution is 0.209. The second kappa shape index (κ2) is 10.0. The Balaban J connectivity index is 1.58. The van der Waals surface area contributed by atoms with Gasteiger partial charge in [-0.2, -0.15) is 0 Å². The minimum absolute atomic E-state index is 0.103. The zero-order chi connectivity index (χ0) is 25.4. The molecular weight excluding hydrogens is 461 g/mol. The highest BCUT2D eigenvalue weighted by Crippen LogP contribution is 2.43. The highest BCUT2D eigenvalue weighted by molar-refractivity contribution is 6.01. The number of ether oxygens (including phenoxy) is 1. The van der Waals surface area contributed by atoms with Gasteiger partial charge in [0.2, 0.25) is 0 Å². The molecule has 2 aliphatic rings. The molecule has 188 valence electrons. The molecule has 3 nitrogen and oxygen atoms in total. The standard InChI is InChI=1S/C30H31F3N2O/c1-19(2)34-14-16-35(17-15-34)22-8-4-21(5-9-22)28-24(25-12-13-27(31)30(33)29(25)32)11-7-20-6-10-23(36-3)18-26(20)28/h4-6,8-10,12-13,18-19H,7,11,14-17H2,1-3H3. The van der Waals surface area contributed by atoms with Crippen molar-refractivity contribution >= 4 is 16.8 Å². The molecular formula is C30H31F3N2O. The Bertz CT molecular complexity index is 1290. The Morgan fingerprint density at radius 3 is 2.17 bits per heavy atom. The summed E-state index contributed by atoms with van der Waals surface area (Å²) in [7, 11) is 1.61. The SMILES string of the molecule is COc1ccc2c(c1)C(c1ccc(N3CCN(C(C)C)CC3)cc1)=C(c1ccc(F)c(F)c1F)CC2. The fourth-order valence-corrected chi connectivity index (χ4v) is 5.37. The van der Waals surface area contributed by atoms with Crippen molar-refractivity contribution in [2.75, 3.05) is 38.2 Å². The Kier molecular flexibility index (Phi) is 6.80. The topological polar surface area (TPSA) is 15.7 Å². The van der Waals surface area contributed by atoms with Gasteiger partial charge < -0.3 is 9.64 Å². The van der Waals surface area contributed by atoms with Gasteiger partial charge in [0, 0.05) is 43.5 Å². The first-order valence-corrected chi connectivity index (χ1v) is 12.5. The second-order valence-electron chi connectivity index (χ2n) is 9.76. The van der Waals surface area contributed by atoms with E-state index in [1.165, 1.54) is 6.07 Å². The number of hydrogen-bond acceptors (Lipinski definition) is 3. The van der Waals surface area contributed by atoms with E-state index in [0.29, 0.717) is 30.2 Å². The third-order valence-electron chi connectivity index (χ3n) is 7.46. The van der Waals surface area contributed by atoms with E-state index in [4.69, 9.17) is 4.74 Å². The van der Waals surface area contributed by atoms with Crippen molar-refractivity contribution in [3.05, 3.63) is 94.3 Å². The molecule has 0 saturated carbocycles. The van der Waals surface area contributed by atoms with Crippen LogP contribution in [0.4, 0.5) is 18.9 Å². The van der Waals surface area contributed by atoms with Gasteiger partial charge in [0.15, 0.2) is 17.5 Å². The van der Waals surface area contributed by atoms with E-state index < -0.39 is 17.5 Å². The molecule has 1 fully saturated rings. The summed E-state index contributed by atoms with van der Waals surface area (Å²) >= 11 is 0. The maximum absolute atomic E-state index is 15.0. The van der Waals surface area contributed by atoms with Crippen molar-refractivity contribution in [2.45, 2.75) is 32.7 Å². The molecule has 6 heteroatoms. The number of hydrogen-bond donors (Lipinski definition) is 0. The maximum Gasteiger partial charge on any atom is 0.195 e. The van der Waals surface area contributed by atoms with Gasteiger partial charge in [0.1, 0.15) is 5.75 Å². The largest absolute Gasteiger partial charge is 0.497 e. The molecule has 1 saturated heterocycles. The van der Waals surface area contributed by atoms with Crippen molar-refractivity contribution in [1.29, 1.82) is 0 Å². The number of fused-ring (bicyclic) bond motifs is 1. The Labute approximate surface area is 210 Å². The monoisotopic (exact) mass is 492 g/mol. The van der Waals surface area contributed by atoms with Crippen LogP contribution in [-0.4, -0.2) is 44.2 Å². The maximum atomic E-state index is 15.0. The molecule has 5 rings (SSSR count). The zero-order valence-corrected chi connectivity index (χ0v) is 21.0. The molecule has 3 aromatic carbocycles. The fourth-order valence-electron chi connectivity index (χ4n) is 5.37.